The molecule has 1 aromatic heterocycles. The van der Waals surface area contributed by atoms with E-state index in [0.29, 0.717) is 62.1 Å². The predicted octanol–water partition coefficient (Wildman–Crippen LogP) is 5.95. The number of rotatable bonds is 2. The lowest BCUT2D eigenvalue weighted by atomic mass is 9.87. The molecule has 0 radical (unpaired) electrons. The molecule has 2 unspecified atom stereocenters. The number of anilines is 3. The summed E-state index contributed by atoms with van der Waals surface area (Å²) in [5, 5.41) is 0. The van der Waals surface area contributed by atoms with E-state index in [1.54, 1.807) is 59.9 Å². The Morgan fingerprint density at radius 1 is 0.952 bits per heavy atom. The summed E-state index contributed by atoms with van der Waals surface area (Å²) in [7, 11) is 0. The minimum atomic E-state index is -1.32. The van der Waals surface area contributed by atoms with Gasteiger partial charge in [-0.15, -0.1) is 0 Å². The average Bonchev–Trinajstić information content (AvgIpc) is 3.08. The number of aromatic nitrogens is 1. The van der Waals surface area contributed by atoms with Crippen molar-refractivity contribution in [3.05, 3.63) is 41.6 Å². The van der Waals surface area contributed by atoms with Gasteiger partial charge in [-0.1, -0.05) is 6.07 Å². The van der Waals surface area contributed by atoms with Crippen LogP contribution in [0.1, 0.15) is 65.0 Å². The monoisotopic (exact) mass is 584 g/mol. The standard InChI is InChI=1S/C31H41FN4O6/c1-30(2,3)41-28(37)35-12-10-21(23(32)18-35)20-7-8-26-25(17-20)36(29(38)42-31(4,5)6)27-22(19-40-26)24(9-11-33-27)34-13-15-39-16-14-34/h7-9,11,17,21,23H,10,12-16,18-19H2,1-6H3. The predicted molar refractivity (Wildman–Crippen MR) is 156 cm³/mol. The minimum Gasteiger partial charge on any atom is -0.486 e. The van der Waals surface area contributed by atoms with Crippen molar-refractivity contribution >= 4 is 29.4 Å². The number of amides is 2. The molecule has 2 aromatic rings. The van der Waals surface area contributed by atoms with Crippen molar-refractivity contribution in [2.24, 2.45) is 0 Å². The Bertz CT molecular complexity index is 1320. The normalized spacial score (nSPS) is 21.1. The molecule has 2 saturated heterocycles. The number of nitrogens with zero attached hydrogens (tertiary/aromatic N) is 4. The number of morpholine rings is 1. The van der Waals surface area contributed by atoms with Crippen LogP contribution in [0.15, 0.2) is 30.5 Å². The van der Waals surface area contributed by atoms with Crippen molar-refractivity contribution in [2.75, 3.05) is 49.2 Å². The maximum absolute atomic E-state index is 15.7. The molecule has 2 amide bonds. The van der Waals surface area contributed by atoms with Crippen molar-refractivity contribution in [1.29, 1.82) is 0 Å². The van der Waals surface area contributed by atoms with Gasteiger partial charge in [0.05, 0.1) is 31.0 Å². The number of ether oxygens (including phenoxy) is 4. The summed E-state index contributed by atoms with van der Waals surface area (Å²) in [6.45, 7) is 13.9. The summed E-state index contributed by atoms with van der Waals surface area (Å²) in [5.74, 6) is 0.405. The smallest absolute Gasteiger partial charge is 0.420 e. The molecule has 3 aliphatic heterocycles. The number of hydrogen-bond donors (Lipinski definition) is 0. The third kappa shape index (κ3) is 6.56. The third-order valence-electron chi connectivity index (χ3n) is 7.37. The van der Waals surface area contributed by atoms with Crippen LogP contribution in [0.3, 0.4) is 0 Å². The maximum Gasteiger partial charge on any atom is 0.420 e. The van der Waals surface area contributed by atoms with E-state index >= 15 is 4.39 Å². The van der Waals surface area contributed by atoms with Crippen LogP contribution in [-0.4, -0.2) is 78.8 Å². The fourth-order valence-electron chi connectivity index (χ4n) is 5.49. The number of benzene rings is 1. The number of fused-ring (bicyclic) bond motifs is 2. The molecule has 0 aliphatic carbocycles. The Labute approximate surface area is 246 Å². The molecule has 5 rings (SSSR count). The number of carbonyl (C=O) groups is 2. The van der Waals surface area contributed by atoms with Gasteiger partial charge >= 0.3 is 12.2 Å². The van der Waals surface area contributed by atoms with Crippen molar-refractivity contribution in [2.45, 2.75) is 77.9 Å². The quantitative estimate of drug-likeness (QED) is 0.428. The zero-order valence-corrected chi connectivity index (χ0v) is 25.3. The van der Waals surface area contributed by atoms with Crippen molar-refractivity contribution in [1.82, 2.24) is 9.88 Å². The largest absolute Gasteiger partial charge is 0.486 e. The van der Waals surface area contributed by atoms with Gasteiger partial charge in [0, 0.05) is 37.4 Å². The Morgan fingerprint density at radius 2 is 1.64 bits per heavy atom. The summed E-state index contributed by atoms with van der Waals surface area (Å²) in [6, 6.07) is 7.32. The van der Waals surface area contributed by atoms with Gasteiger partial charge in [-0.3, -0.25) is 0 Å². The molecular weight excluding hydrogens is 543 g/mol. The van der Waals surface area contributed by atoms with Crippen molar-refractivity contribution in [3.63, 3.8) is 0 Å². The highest BCUT2D eigenvalue weighted by atomic mass is 19.1. The lowest BCUT2D eigenvalue weighted by Gasteiger charge is -2.36. The Hall–Kier alpha value is -3.60. The second kappa shape index (κ2) is 11.6. The summed E-state index contributed by atoms with van der Waals surface area (Å²) in [4.78, 5) is 36.1. The fraction of sp³-hybridized carbons (Fsp3) is 0.581. The third-order valence-corrected chi connectivity index (χ3v) is 7.37. The van der Waals surface area contributed by atoms with Gasteiger partial charge < -0.3 is 28.7 Å². The van der Waals surface area contributed by atoms with E-state index in [4.69, 9.17) is 18.9 Å². The molecule has 0 saturated carbocycles. The van der Waals surface area contributed by atoms with E-state index in [1.807, 2.05) is 12.1 Å². The molecule has 4 heterocycles. The summed E-state index contributed by atoms with van der Waals surface area (Å²) < 4.78 is 38.8. The Balaban J connectivity index is 1.49. The van der Waals surface area contributed by atoms with E-state index in [1.165, 1.54) is 9.80 Å². The first-order valence-corrected chi connectivity index (χ1v) is 14.5. The fourth-order valence-corrected chi connectivity index (χ4v) is 5.49. The van der Waals surface area contributed by atoms with Crippen molar-refractivity contribution < 1.29 is 32.9 Å². The summed E-state index contributed by atoms with van der Waals surface area (Å²) in [6.07, 6.45) is -0.351. The van der Waals surface area contributed by atoms with Crippen molar-refractivity contribution in [3.8, 4) is 5.75 Å². The van der Waals surface area contributed by atoms with E-state index < -0.39 is 35.5 Å². The molecule has 2 fully saturated rings. The molecule has 11 heteroatoms. The van der Waals surface area contributed by atoms with Crippen LogP contribution in [0.5, 0.6) is 5.75 Å². The lowest BCUT2D eigenvalue weighted by molar-refractivity contribution is 0.0111. The van der Waals surface area contributed by atoms with Crippen LogP contribution in [-0.2, 0) is 20.8 Å². The van der Waals surface area contributed by atoms with Gasteiger partial charge in [-0.05, 0) is 71.7 Å². The first-order chi connectivity index (χ1) is 19.8. The van der Waals surface area contributed by atoms with Gasteiger partial charge in [0.15, 0.2) is 5.82 Å². The van der Waals surface area contributed by atoms with Crippen LogP contribution >= 0.6 is 0 Å². The van der Waals surface area contributed by atoms with Crippen LogP contribution in [0.25, 0.3) is 0 Å². The molecule has 0 bridgehead atoms. The Morgan fingerprint density at radius 3 is 2.31 bits per heavy atom. The molecule has 1 aromatic carbocycles. The zero-order valence-electron chi connectivity index (χ0n) is 25.3. The highest BCUT2D eigenvalue weighted by Crippen LogP contribution is 2.44. The number of pyridine rings is 1. The summed E-state index contributed by atoms with van der Waals surface area (Å²) >= 11 is 0. The second-order valence-electron chi connectivity index (χ2n) is 12.9. The van der Waals surface area contributed by atoms with Gasteiger partial charge in [-0.25, -0.2) is 23.9 Å². The van der Waals surface area contributed by atoms with Gasteiger partial charge in [0.2, 0.25) is 0 Å². The minimum absolute atomic E-state index is 0.0732. The molecule has 0 spiro atoms. The van der Waals surface area contributed by atoms with Gasteiger partial charge in [0.1, 0.15) is 29.7 Å². The Kier molecular flexibility index (Phi) is 8.24. The number of piperidine rings is 1. The van der Waals surface area contributed by atoms with E-state index in [2.05, 4.69) is 9.88 Å². The maximum atomic E-state index is 15.7. The van der Waals surface area contributed by atoms with Crippen LogP contribution < -0.4 is 14.5 Å². The first-order valence-electron chi connectivity index (χ1n) is 14.5. The molecule has 0 N–H and O–H groups in total. The van der Waals surface area contributed by atoms with Gasteiger partial charge in [0.25, 0.3) is 0 Å². The SMILES string of the molecule is CC(C)(C)OC(=O)N1CCC(c2ccc3c(c2)N(C(=O)OC(C)(C)C)c2nccc(N4CCOCC4)c2CO3)C(F)C1. The molecule has 2 atom stereocenters. The molecule has 10 nitrogen and oxygen atoms in total. The topological polar surface area (TPSA) is 93.7 Å². The number of alkyl halides is 1. The highest BCUT2D eigenvalue weighted by Gasteiger charge is 2.38. The number of hydrogen-bond acceptors (Lipinski definition) is 8. The lowest BCUT2D eigenvalue weighted by Crippen LogP contribution is -2.46. The highest BCUT2D eigenvalue weighted by molar-refractivity contribution is 5.99. The van der Waals surface area contributed by atoms with E-state index in [0.717, 1.165) is 11.3 Å². The second-order valence-corrected chi connectivity index (χ2v) is 12.9. The van der Waals surface area contributed by atoms with E-state index in [9.17, 15) is 9.59 Å². The number of halogens is 1. The van der Waals surface area contributed by atoms with E-state index in [-0.39, 0.29) is 13.2 Å². The number of likely N-dealkylation sites (tertiary alicyclic amines) is 1. The zero-order chi connectivity index (χ0) is 30.2. The molecule has 42 heavy (non-hydrogen) atoms. The van der Waals surface area contributed by atoms with Crippen LogP contribution in [0.2, 0.25) is 0 Å². The molecule has 228 valence electrons. The van der Waals surface area contributed by atoms with Crippen LogP contribution in [0.4, 0.5) is 31.2 Å². The molecular formula is C31H41FN4O6. The van der Waals surface area contributed by atoms with Gasteiger partial charge in [-0.2, -0.15) is 0 Å². The number of carbonyl (C=O) groups excluding carboxylic acids is 2. The first kappa shape index (κ1) is 29.9. The van der Waals surface area contributed by atoms with Crippen LogP contribution in [0, 0.1) is 0 Å². The molecule has 3 aliphatic rings. The average molecular weight is 585 g/mol. The summed E-state index contributed by atoms with van der Waals surface area (Å²) in [5.41, 5.74) is 1.40.